The standard InChI is InChI=1S/C28H27N3O4/c1-18(2)19-9-11-21(12-10-19)31-26(32)16-24(27(31)33)30(28(34)25-8-5-15-35-25)14-13-20-17-29-23-7-4-3-6-22(20)23/h3-12,15,17-18,24,29H,13-14,16H2,1-2H3. The number of para-hydroxylation sites is 1. The van der Waals surface area contributed by atoms with E-state index in [0.29, 0.717) is 18.0 Å². The highest BCUT2D eigenvalue weighted by atomic mass is 16.3. The van der Waals surface area contributed by atoms with Crippen LogP contribution >= 0.6 is 0 Å². The van der Waals surface area contributed by atoms with Gasteiger partial charge in [-0.3, -0.25) is 14.4 Å². The van der Waals surface area contributed by atoms with Crippen LogP contribution in [0.4, 0.5) is 5.69 Å². The van der Waals surface area contributed by atoms with Crippen LogP contribution in [0.5, 0.6) is 0 Å². The summed E-state index contributed by atoms with van der Waals surface area (Å²) in [6, 6.07) is 17.7. The normalized spacial score (nSPS) is 16.0. The van der Waals surface area contributed by atoms with Gasteiger partial charge in [0.2, 0.25) is 5.91 Å². The van der Waals surface area contributed by atoms with Gasteiger partial charge in [-0.15, -0.1) is 0 Å². The van der Waals surface area contributed by atoms with Crippen molar-refractivity contribution in [3.63, 3.8) is 0 Å². The second-order valence-electron chi connectivity index (χ2n) is 9.12. The van der Waals surface area contributed by atoms with Crippen molar-refractivity contribution in [1.82, 2.24) is 9.88 Å². The molecule has 35 heavy (non-hydrogen) atoms. The second-order valence-corrected chi connectivity index (χ2v) is 9.12. The van der Waals surface area contributed by atoms with Gasteiger partial charge in [0, 0.05) is 23.6 Å². The molecule has 1 N–H and O–H groups in total. The molecule has 0 bridgehead atoms. The molecule has 178 valence electrons. The molecule has 0 aliphatic carbocycles. The number of fused-ring (bicyclic) bond motifs is 1. The molecule has 1 aliphatic rings. The van der Waals surface area contributed by atoms with Crippen LogP contribution in [0.1, 0.15) is 47.9 Å². The summed E-state index contributed by atoms with van der Waals surface area (Å²) >= 11 is 0. The largest absolute Gasteiger partial charge is 0.459 e. The van der Waals surface area contributed by atoms with Gasteiger partial charge in [0.25, 0.3) is 11.8 Å². The fourth-order valence-electron chi connectivity index (χ4n) is 4.66. The van der Waals surface area contributed by atoms with E-state index in [9.17, 15) is 14.4 Å². The number of furan rings is 1. The van der Waals surface area contributed by atoms with Gasteiger partial charge in [0.15, 0.2) is 5.76 Å². The first-order chi connectivity index (χ1) is 16.9. The number of carbonyl (C=O) groups excluding carboxylic acids is 3. The molecule has 3 amide bonds. The molecule has 7 heteroatoms. The van der Waals surface area contributed by atoms with Gasteiger partial charge in [0.1, 0.15) is 6.04 Å². The third-order valence-corrected chi connectivity index (χ3v) is 6.61. The lowest BCUT2D eigenvalue weighted by atomic mass is 10.0. The molecule has 0 saturated carbocycles. The SMILES string of the molecule is CC(C)c1ccc(N2C(=O)CC(N(CCc3c[nH]c4ccccc34)C(=O)c3ccco3)C2=O)cc1. The molecule has 0 radical (unpaired) electrons. The number of nitrogens with zero attached hydrogens (tertiary/aromatic N) is 2. The van der Waals surface area contributed by atoms with E-state index in [1.807, 2.05) is 42.6 Å². The zero-order valence-electron chi connectivity index (χ0n) is 19.7. The van der Waals surface area contributed by atoms with Crippen molar-refractivity contribution in [2.75, 3.05) is 11.4 Å². The first-order valence-corrected chi connectivity index (χ1v) is 11.8. The number of aromatic nitrogens is 1. The van der Waals surface area contributed by atoms with Crippen molar-refractivity contribution in [2.45, 2.75) is 38.6 Å². The van der Waals surface area contributed by atoms with Gasteiger partial charge < -0.3 is 14.3 Å². The van der Waals surface area contributed by atoms with Gasteiger partial charge in [0.05, 0.1) is 18.4 Å². The summed E-state index contributed by atoms with van der Waals surface area (Å²) < 4.78 is 5.35. The van der Waals surface area contributed by atoms with E-state index in [-0.39, 0.29) is 24.6 Å². The molecule has 1 unspecified atom stereocenters. The molecule has 1 saturated heterocycles. The summed E-state index contributed by atoms with van der Waals surface area (Å²) in [5.41, 5.74) is 3.69. The van der Waals surface area contributed by atoms with Crippen molar-refractivity contribution in [1.29, 1.82) is 0 Å². The fourth-order valence-corrected chi connectivity index (χ4v) is 4.66. The number of aromatic amines is 1. The number of nitrogens with one attached hydrogen (secondary N) is 1. The molecule has 2 aromatic carbocycles. The Morgan fingerprint density at radius 3 is 2.57 bits per heavy atom. The molecule has 7 nitrogen and oxygen atoms in total. The lowest BCUT2D eigenvalue weighted by Crippen LogP contribution is -2.46. The maximum absolute atomic E-state index is 13.5. The average Bonchev–Trinajstić information content (AvgIpc) is 3.59. The molecule has 1 aliphatic heterocycles. The Labute approximate surface area is 203 Å². The molecule has 0 spiro atoms. The van der Waals surface area contributed by atoms with Crippen molar-refractivity contribution < 1.29 is 18.8 Å². The molecule has 4 aromatic rings. The van der Waals surface area contributed by atoms with E-state index >= 15 is 0 Å². The highest BCUT2D eigenvalue weighted by Gasteiger charge is 2.44. The van der Waals surface area contributed by atoms with E-state index in [1.165, 1.54) is 16.1 Å². The summed E-state index contributed by atoms with van der Waals surface area (Å²) in [6.45, 7) is 4.44. The Kier molecular flexibility index (Phi) is 5.99. The zero-order chi connectivity index (χ0) is 24.5. The van der Waals surface area contributed by atoms with Crippen LogP contribution in [0.3, 0.4) is 0 Å². The topological polar surface area (TPSA) is 86.6 Å². The van der Waals surface area contributed by atoms with Gasteiger partial charge in [-0.1, -0.05) is 44.2 Å². The van der Waals surface area contributed by atoms with Crippen molar-refractivity contribution in [3.8, 4) is 0 Å². The smallest absolute Gasteiger partial charge is 0.290 e. The predicted octanol–water partition coefficient (Wildman–Crippen LogP) is 4.90. The quantitative estimate of drug-likeness (QED) is 0.390. The Balaban J connectivity index is 1.42. The monoisotopic (exact) mass is 469 g/mol. The van der Waals surface area contributed by atoms with Crippen molar-refractivity contribution in [3.05, 3.63) is 90.0 Å². The number of rotatable bonds is 7. The van der Waals surface area contributed by atoms with Gasteiger partial charge in [-0.25, -0.2) is 4.90 Å². The van der Waals surface area contributed by atoms with Crippen LogP contribution < -0.4 is 4.90 Å². The molecule has 1 atom stereocenters. The van der Waals surface area contributed by atoms with Crippen LogP contribution in [0.2, 0.25) is 0 Å². The number of hydrogen-bond donors (Lipinski definition) is 1. The maximum atomic E-state index is 13.5. The number of imide groups is 1. The molecule has 2 aromatic heterocycles. The van der Waals surface area contributed by atoms with Crippen molar-refractivity contribution >= 4 is 34.3 Å². The van der Waals surface area contributed by atoms with E-state index < -0.39 is 17.9 Å². The highest BCUT2D eigenvalue weighted by Crippen LogP contribution is 2.29. The average molecular weight is 470 g/mol. The number of carbonyl (C=O) groups is 3. The lowest BCUT2D eigenvalue weighted by Gasteiger charge is -2.27. The first kappa shape index (κ1) is 22.7. The van der Waals surface area contributed by atoms with Crippen molar-refractivity contribution in [2.24, 2.45) is 0 Å². The minimum absolute atomic E-state index is 0.0644. The number of amides is 3. The second kappa shape index (κ2) is 9.25. The van der Waals surface area contributed by atoms with Crippen LogP contribution in [0.15, 0.2) is 77.5 Å². The zero-order valence-corrected chi connectivity index (χ0v) is 19.7. The molecular formula is C28H27N3O4. The Hall–Kier alpha value is -4.13. The Morgan fingerprint density at radius 2 is 1.86 bits per heavy atom. The summed E-state index contributed by atoms with van der Waals surface area (Å²) in [4.78, 5) is 45.8. The molecule has 1 fully saturated rings. The highest BCUT2D eigenvalue weighted by molar-refractivity contribution is 6.23. The summed E-state index contributed by atoms with van der Waals surface area (Å²) in [7, 11) is 0. The number of hydrogen-bond acceptors (Lipinski definition) is 4. The minimum atomic E-state index is -0.893. The van der Waals surface area contributed by atoms with E-state index in [4.69, 9.17) is 4.42 Å². The third kappa shape index (κ3) is 4.25. The molecule has 5 rings (SSSR count). The van der Waals surface area contributed by atoms with Crippen LogP contribution in [-0.2, 0) is 16.0 Å². The summed E-state index contributed by atoms with van der Waals surface area (Å²) in [6.07, 6.45) is 3.81. The van der Waals surface area contributed by atoms with Gasteiger partial charge in [-0.05, 0) is 53.8 Å². The summed E-state index contributed by atoms with van der Waals surface area (Å²) in [5.74, 6) is -0.637. The third-order valence-electron chi connectivity index (χ3n) is 6.61. The Bertz CT molecular complexity index is 1370. The van der Waals surface area contributed by atoms with Crippen LogP contribution in [0, 0.1) is 0 Å². The number of benzene rings is 2. The van der Waals surface area contributed by atoms with E-state index in [0.717, 1.165) is 22.0 Å². The molecular weight excluding hydrogens is 442 g/mol. The van der Waals surface area contributed by atoms with Crippen LogP contribution in [-0.4, -0.2) is 40.2 Å². The van der Waals surface area contributed by atoms with Gasteiger partial charge in [-0.2, -0.15) is 0 Å². The van der Waals surface area contributed by atoms with E-state index in [2.05, 4.69) is 18.8 Å². The number of anilines is 1. The predicted molar refractivity (Wildman–Crippen MR) is 133 cm³/mol. The maximum Gasteiger partial charge on any atom is 0.290 e. The van der Waals surface area contributed by atoms with E-state index in [1.54, 1.807) is 24.3 Å². The lowest BCUT2D eigenvalue weighted by molar-refractivity contribution is -0.122. The number of H-pyrrole nitrogens is 1. The van der Waals surface area contributed by atoms with Crippen LogP contribution in [0.25, 0.3) is 10.9 Å². The summed E-state index contributed by atoms with van der Waals surface area (Å²) in [5, 5.41) is 1.07. The first-order valence-electron chi connectivity index (χ1n) is 11.8. The molecule has 3 heterocycles. The minimum Gasteiger partial charge on any atom is -0.459 e. The van der Waals surface area contributed by atoms with Gasteiger partial charge >= 0.3 is 0 Å². The Morgan fingerprint density at radius 1 is 1.09 bits per heavy atom. The fraction of sp³-hybridized carbons (Fsp3) is 0.250.